The maximum atomic E-state index is 12.5. The van der Waals surface area contributed by atoms with Gasteiger partial charge in [-0.2, -0.15) is 0 Å². The van der Waals surface area contributed by atoms with Crippen LogP contribution in [0.1, 0.15) is 40.4 Å². The quantitative estimate of drug-likeness (QED) is 0.235. The van der Waals surface area contributed by atoms with Crippen LogP contribution in [-0.2, 0) is 6.54 Å². The summed E-state index contributed by atoms with van der Waals surface area (Å²) in [5.74, 6) is 1.18. The van der Waals surface area contributed by atoms with Crippen molar-refractivity contribution in [2.24, 2.45) is 0 Å². The van der Waals surface area contributed by atoms with Crippen molar-refractivity contribution < 1.29 is 28.5 Å². The zero-order valence-corrected chi connectivity index (χ0v) is 20.3. The molecule has 0 radical (unpaired) electrons. The van der Waals surface area contributed by atoms with Gasteiger partial charge in [0.1, 0.15) is 12.0 Å². The lowest BCUT2D eigenvalue weighted by molar-refractivity contribution is 0.0552. The molecule has 2 atom stereocenters. The highest BCUT2D eigenvalue weighted by Gasteiger charge is 2.39. The largest absolute Gasteiger partial charge is 0.493 e. The van der Waals surface area contributed by atoms with E-state index in [0.717, 1.165) is 58.6 Å². The van der Waals surface area contributed by atoms with Gasteiger partial charge in [-0.05, 0) is 82.4 Å². The molecule has 1 N–H and O–H groups in total. The molecular formula is C27H26ClNO6. The topological polar surface area (TPSA) is 81.4 Å². The van der Waals surface area contributed by atoms with Crippen molar-refractivity contribution in [3.05, 3.63) is 65.6 Å². The Bertz CT molecular complexity index is 1420. The summed E-state index contributed by atoms with van der Waals surface area (Å²) in [6.07, 6.45) is 4.26. The normalized spacial score (nSPS) is 19.2. The van der Waals surface area contributed by atoms with Gasteiger partial charge in [-0.25, -0.2) is 4.79 Å². The average Bonchev–Trinajstić information content (AvgIpc) is 3.56. The smallest absolute Gasteiger partial charge is 0.346 e. The number of aliphatic hydroxyl groups is 1. The predicted molar refractivity (Wildman–Crippen MR) is 134 cm³/mol. The van der Waals surface area contributed by atoms with Crippen LogP contribution in [-0.4, -0.2) is 42.8 Å². The molecule has 1 saturated heterocycles. The molecule has 8 heteroatoms. The van der Waals surface area contributed by atoms with E-state index >= 15 is 0 Å². The van der Waals surface area contributed by atoms with Crippen LogP contribution in [0.4, 0.5) is 0 Å². The number of nitrogens with zero attached hydrogens (tertiary/aromatic N) is 1. The summed E-state index contributed by atoms with van der Waals surface area (Å²) >= 11 is 0. The first-order valence-electron chi connectivity index (χ1n) is 11.4. The summed E-state index contributed by atoms with van der Waals surface area (Å²) in [7, 11) is 3.23. The van der Waals surface area contributed by atoms with Crippen LogP contribution >= 0.6 is 12.4 Å². The van der Waals surface area contributed by atoms with Crippen molar-refractivity contribution in [1.29, 1.82) is 0 Å². The lowest BCUT2D eigenvalue weighted by Gasteiger charge is -2.37. The molecule has 1 fully saturated rings. The van der Waals surface area contributed by atoms with Gasteiger partial charge in [-0.3, -0.25) is 4.90 Å². The van der Waals surface area contributed by atoms with Crippen LogP contribution in [0.25, 0.3) is 21.5 Å². The van der Waals surface area contributed by atoms with Gasteiger partial charge in [0.05, 0.1) is 32.2 Å². The minimum absolute atomic E-state index is 0. The minimum Gasteiger partial charge on any atom is -0.493 e. The lowest BCUT2D eigenvalue weighted by Crippen LogP contribution is -2.39. The van der Waals surface area contributed by atoms with E-state index in [0.29, 0.717) is 22.8 Å². The molecule has 0 saturated carbocycles. The molecule has 3 heterocycles. The standard InChI is InChI=1S/C27H25NO6.ClH/c1-31-23-11-19-18-10-16(34-27(30)15-7-9-33-14-15)5-6-17(18)25-21(20(19)12-24(23)32-2)13-28-8-3-4-22(28)26(25)29;/h5-7,9-12,14,22,26,29H,3-4,8,13H2,1-2H3;1H/t22-,26+;/m0./s1. The fraction of sp³-hybridized carbons (Fsp3) is 0.296. The van der Waals surface area contributed by atoms with E-state index in [2.05, 4.69) is 4.90 Å². The van der Waals surface area contributed by atoms with Crippen molar-refractivity contribution in [2.45, 2.75) is 31.5 Å². The Morgan fingerprint density at radius 1 is 1.03 bits per heavy atom. The molecule has 0 aliphatic carbocycles. The SMILES string of the molecule is COc1cc2c3c(c4ccc(OC(=O)c5ccoc5)cc4c2cc1OC)[C@H](O)[C@@H]1CCCN1C3.Cl. The molecule has 35 heavy (non-hydrogen) atoms. The monoisotopic (exact) mass is 495 g/mol. The van der Waals surface area contributed by atoms with E-state index in [1.54, 1.807) is 26.4 Å². The second-order valence-corrected chi connectivity index (χ2v) is 8.88. The summed E-state index contributed by atoms with van der Waals surface area (Å²) in [6, 6.07) is 11.2. The number of ether oxygens (including phenoxy) is 3. The summed E-state index contributed by atoms with van der Waals surface area (Å²) in [6.45, 7) is 1.76. The summed E-state index contributed by atoms with van der Waals surface area (Å²) in [5, 5.41) is 15.3. The Labute approximate surface area is 208 Å². The van der Waals surface area contributed by atoms with Gasteiger partial charge < -0.3 is 23.7 Å². The number of carbonyl (C=O) groups excluding carboxylic acids is 1. The molecule has 2 aliphatic rings. The van der Waals surface area contributed by atoms with Crippen molar-refractivity contribution in [3.63, 3.8) is 0 Å². The molecule has 3 aromatic carbocycles. The molecule has 1 aromatic heterocycles. The second-order valence-electron chi connectivity index (χ2n) is 8.88. The number of rotatable bonds is 4. The van der Waals surface area contributed by atoms with Gasteiger partial charge in [0.25, 0.3) is 0 Å². The van der Waals surface area contributed by atoms with Crippen molar-refractivity contribution in [2.75, 3.05) is 20.8 Å². The molecule has 0 bridgehead atoms. The van der Waals surface area contributed by atoms with E-state index in [-0.39, 0.29) is 18.4 Å². The highest BCUT2D eigenvalue weighted by Crippen LogP contribution is 2.47. The van der Waals surface area contributed by atoms with E-state index < -0.39 is 12.1 Å². The van der Waals surface area contributed by atoms with Crippen molar-refractivity contribution in [3.8, 4) is 17.2 Å². The van der Waals surface area contributed by atoms with Crippen LogP contribution in [0.3, 0.4) is 0 Å². The molecule has 7 nitrogen and oxygen atoms in total. The first-order valence-corrected chi connectivity index (χ1v) is 11.4. The number of fused-ring (bicyclic) bond motifs is 7. The Balaban J connectivity index is 0.00000253. The molecule has 182 valence electrons. The number of benzene rings is 3. The highest BCUT2D eigenvalue weighted by atomic mass is 35.5. The molecule has 2 aliphatic heterocycles. The van der Waals surface area contributed by atoms with Gasteiger partial charge in [0.15, 0.2) is 11.5 Å². The first kappa shape index (κ1) is 23.5. The van der Waals surface area contributed by atoms with Crippen LogP contribution < -0.4 is 14.2 Å². The number of aliphatic hydroxyl groups excluding tert-OH is 1. The second kappa shape index (κ2) is 9.07. The number of hydrogen-bond donors (Lipinski definition) is 1. The van der Waals surface area contributed by atoms with Crippen molar-refractivity contribution >= 4 is 39.9 Å². The molecule has 0 spiro atoms. The number of esters is 1. The molecule has 0 unspecified atom stereocenters. The zero-order valence-electron chi connectivity index (χ0n) is 19.4. The van der Waals surface area contributed by atoms with Gasteiger partial charge in [0, 0.05) is 12.6 Å². The van der Waals surface area contributed by atoms with Gasteiger partial charge in [-0.15, -0.1) is 12.4 Å². The van der Waals surface area contributed by atoms with Crippen LogP contribution in [0.2, 0.25) is 0 Å². The number of furan rings is 1. The number of methoxy groups -OCH3 is 2. The summed E-state index contributed by atoms with van der Waals surface area (Å²) < 4.78 is 21.8. The summed E-state index contributed by atoms with van der Waals surface area (Å²) in [4.78, 5) is 14.9. The summed E-state index contributed by atoms with van der Waals surface area (Å²) in [5.41, 5.74) is 2.40. The fourth-order valence-corrected chi connectivity index (χ4v) is 5.56. The van der Waals surface area contributed by atoms with Gasteiger partial charge in [0.2, 0.25) is 0 Å². The third-order valence-electron chi connectivity index (χ3n) is 7.15. The maximum absolute atomic E-state index is 12.5. The minimum atomic E-state index is -0.592. The zero-order chi connectivity index (χ0) is 23.4. The molecule has 4 aromatic rings. The Hall–Kier alpha value is -3.26. The van der Waals surface area contributed by atoms with Crippen LogP contribution in [0.15, 0.2) is 53.3 Å². The van der Waals surface area contributed by atoms with E-state index in [1.165, 1.54) is 12.5 Å². The average molecular weight is 496 g/mol. The fourth-order valence-electron chi connectivity index (χ4n) is 5.56. The first-order chi connectivity index (χ1) is 16.6. The van der Waals surface area contributed by atoms with Crippen LogP contribution in [0.5, 0.6) is 17.2 Å². The van der Waals surface area contributed by atoms with Crippen molar-refractivity contribution in [1.82, 2.24) is 4.90 Å². The predicted octanol–water partition coefficient (Wildman–Crippen LogP) is 5.26. The number of halogens is 1. The molecular weight excluding hydrogens is 470 g/mol. The number of carbonyl (C=O) groups is 1. The van der Waals surface area contributed by atoms with E-state index in [1.807, 2.05) is 24.3 Å². The molecule has 0 amide bonds. The van der Waals surface area contributed by atoms with Gasteiger partial charge in [-0.1, -0.05) is 6.07 Å². The Morgan fingerprint density at radius 3 is 2.49 bits per heavy atom. The lowest BCUT2D eigenvalue weighted by atomic mass is 9.83. The molecule has 6 rings (SSSR count). The third-order valence-corrected chi connectivity index (χ3v) is 7.15. The highest BCUT2D eigenvalue weighted by molar-refractivity contribution is 6.12. The van der Waals surface area contributed by atoms with E-state index in [9.17, 15) is 9.90 Å². The van der Waals surface area contributed by atoms with Gasteiger partial charge >= 0.3 is 5.97 Å². The number of hydrogen-bond acceptors (Lipinski definition) is 7. The third kappa shape index (κ3) is 3.71. The maximum Gasteiger partial charge on any atom is 0.346 e. The Morgan fingerprint density at radius 2 is 1.77 bits per heavy atom. The van der Waals surface area contributed by atoms with E-state index in [4.69, 9.17) is 18.6 Å². The van der Waals surface area contributed by atoms with Crippen LogP contribution in [0, 0.1) is 0 Å². The Kier molecular flexibility index (Phi) is 6.09.